The van der Waals surface area contributed by atoms with Crippen molar-refractivity contribution in [1.29, 1.82) is 0 Å². The van der Waals surface area contributed by atoms with Gasteiger partial charge in [-0.05, 0) is 98.3 Å². The van der Waals surface area contributed by atoms with E-state index in [0.29, 0.717) is 5.56 Å². The van der Waals surface area contributed by atoms with E-state index in [1.807, 2.05) is 82.8 Å². The van der Waals surface area contributed by atoms with Crippen molar-refractivity contribution in [3.05, 3.63) is 179 Å². The summed E-state index contributed by atoms with van der Waals surface area (Å²) in [6.45, 7) is 0. The van der Waals surface area contributed by atoms with E-state index < -0.39 is 5.91 Å². The smallest absolute Gasteiger partial charge is 0.249 e. The Bertz CT molecular complexity index is 2100. The number of benzene rings is 6. The van der Waals surface area contributed by atoms with Crippen molar-refractivity contribution in [1.82, 2.24) is 0 Å². The second-order valence-corrected chi connectivity index (χ2v) is 13.1. The first-order valence-electron chi connectivity index (χ1n) is 17.3. The molecular weight excluding hydrogens is 643 g/mol. The number of anilines is 2. The highest BCUT2D eigenvalue weighted by Gasteiger charge is 2.21. The normalized spacial score (nSPS) is 12.3. The molecule has 6 aromatic rings. The van der Waals surface area contributed by atoms with Crippen LogP contribution in [0.25, 0.3) is 21.9 Å². The zero-order valence-corrected chi connectivity index (χ0v) is 30.6. The van der Waals surface area contributed by atoms with Crippen LogP contribution in [0, 0.1) is 0 Å². The summed E-state index contributed by atoms with van der Waals surface area (Å²) in [5.74, 6) is 0.691. The minimum absolute atomic E-state index is 0.386. The van der Waals surface area contributed by atoms with E-state index in [4.69, 9.17) is 15.2 Å². The van der Waals surface area contributed by atoms with Crippen LogP contribution in [0.1, 0.15) is 44.1 Å². The van der Waals surface area contributed by atoms with Crippen LogP contribution >= 0.6 is 0 Å². The number of hydrogen-bond acceptors (Lipinski definition) is 5. The third-order valence-electron chi connectivity index (χ3n) is 9.45. The Morgan fingerprint density at radius 2 is 0.962 bits per heavy atom. The number of fused-ring (bicyclic) bond motifs is 1. The van der Waals surface area contributed by atoms with Gasteiger partial charge in [0.1, 0.15) is 11.5 Å². The summed E-state index contributed by atoms with van der Waals surface area (Å²) in [5, 5.41) is 1.78. The van der Waals surface area contributed by atoms with Crippen molar-refractivity contribution in [2.75, 3.05) is 52.2 Å². The number of hydrogen-bond donors (Lipinski definition) is 1. The van der Waals surface area contributed by atoms with Crippen LogP contribution < -0.4 is 25.0 Å². The van der Waals surface area contributed by atoms with Crippen LogP contribution in [0.3, 0.4) is 0 Å². The second kappa shape index (κ2) is 15.7. The molecule has 0 aliphatic heterocycles. The van der Waals surface area contributed by atoms with Crippen LogP contribution in [-0.2, 0) is 0 Å². The summed E-state index contributed by atoms with van der Waals surface area (Å²) in [4.78, 5) is 17.7. The SMILES string of the molecule is COc1ccc(C(=CC(C=C(c2ccc(OC)cc2)c2ccc(N(C)C)cc2)c2ccc3ccccc3c2C(N)=O)c2ccc(N(C)C)cc2)cc1. The van der Waals surface area contributed by atoms with Crippen molar-refractivity contribution in [3.8, 4) is 11.5 Å². The topological polar surface area (TPSA) is 68.0 Å². The van der Waals surface area contributed by atoms with Crippen LogP contribution in [0.2, 0.25) is 0 Å². The van der Waals surface area contributed by atoms with Crippen molar-refractivity contribution in [2.24, 2.45) is 5.73 Å². The molecule has 6 nitrogen and oxygen atoms in total. The molecule has 0 atom stereocenters. The zero-order chi connectivity index (χ0) is 36.8. The molecule has 0 saturated carbocycles. The molecule has 0 fully saturated rings. The van der Waals surface area contributed by atoms with Gasteiger partial charge in [-0.25, -0.2) is 0 Å². The Morgan fingerprint density at radius 1 is 0.558 bits per heavy atom. The van der Waals surface area contributed by atoms with Crippen molar-refractivity contribution in [3.63, 3.8) is 0 Å². The van der Waals surface area contributed by atoms with Gasteiger partial charge >= 0.3 is 0 Å². The lowest BCUT2D eigenvalue weighted by atomic mass is 9.83. The van der Waals surface area contributed by atoms with E-state index in [0.717, 1.165) is 72.6 Å². The van der Waals surface area contributed by atoms with Crippen molar-refractivity contribution >= 4 is 39.2 Å². The van der Waals surface area contributed by atoms with Crippen LogP contribution in [0.15, 0.2) is 146 Å². The Kier molecular flexibility index (Phi) is 10.8. The lowest BCUT2D eigenvalue weighted by Crippen LogP contribution is -2.16. The highest BCUT2D eigenvalue weighted by molar-refractivity contribution is 6.08. The maximum atomic E-state index is 13.5. The molecule has 1 amide bonds. The number of amides is 1. The monoisotopic (exact) mass is 687 g/mol. The molecule has 0 heterocycles. The fraction of sp³-hybridized carbons (Fsp3) is 0.152. The number of ether oxygens (including phenoxy) is 2. The molecule has 52 heavy (non-hydrogen) atoms. The average molecular weight is 688 g/mol. The number of rotatable bonds is 12. The molecule has 0 aliphatic rings. The van der Waals surface area contributed by atoms with Gasteiger partial charge in [0.25, 0.3) is 0 Å². The molecule has 0 spiro atoms. The fourth-order valence-electron chi connectivity index (χ4n) is 6.57. The van der Waals surface area contributed by atoms with E-state index in [-0.39, 0.29) is 5.92 Å². The lowest BCUT2D eigenvalue weighted by Gasteiger charge is -2.21. The number of allylic oxidation sites excluding steroid dienone is 2. The zero-order valence-electron chi connectivity index (χ0n) is 30.6. The molecule has 262 valence electrons. The quantitative estimate of drug-likeness (QED) is 0.139. The highest BCUT2D eigenvalue weighted by Crippen LogP contribution is 2.38. The molecule has 0 aliphatic carbocycles. The molecule has 6 rings (SSSR count). The van der Waals surface area contributed by atoms with Crippen molar-refractivity contribution < 1.29 is 14.3 Å². The molecule has 0 aromatic heterocycles. The number of primary amides is 1. The van der Waals surface area contributed by atoms with E-state index in [2.05, 4.69) is 101 Å². The first kappa shape index (κ1) is 35.6. The molecular formula is C46H45N3O3. The molecule has 0 radical (unpaired) electrons. The van der Waals surface area contributed by atoms with E-state index in [9.17, 15) is 4.79 Å². The number of methoxy groups -OCH3 is 2. The van der Waals surface area contributed by atoms with Crippen LogP contribution in [-0.4, -0.2) is 48.3 Å². The third kappa shape index (κ3) is 7.72. The van der Waals surface area contributed by atoms with Gasteiger partial charge in [0.2, 0.25) is 5.91 Å². The fourth-order valence-corrected chi connectivity index (χ4v) is 6.57. The molecule has 0 bridgehead atoms. The predicted molar refractivity (Wildman–Crippen MR) is 217 cm³/mol. The van der Waals surface area contributed by atoms with Gasteiger partial charge in [-0.3, -0.25) is 4.79 Å². The van der Waals surface area contributed by atoms with E-state index >= 15 is 0 Å². The maximum absolute atomic E-state index is 13.5. The van der Waals surface area contributed by atoms with Gasteiger partial charge in [-0.1, -0.05) is 97.1 Å². The Morgan fingerprint density at radius 3 is 1.35 bits per heavy atom. The maximum Gasteiger partial charge on any atom is 0.249 e. The minimum Gasteiger partial charge on any atom is -0.497 e. The van der Waals surface area contributed by atoms with Crippen LogP contribution in [0.5, 0.6) is 11.5 Å². The van der Waals surface area contributed by atoms with Gasteiger partial charge < -0.3 is 25.0 Å². The van der Waals surface area contributed by atoms with E-state index in [1.165, 1.54) is 0 Å². The standard InChI is InChI=1S/C46H45N3O3/c1-48(2)37-20-11-32(12-21-37)43(34-15-24-39(51-5)25-16-34)29-36(42-28-19-31-9-7-8-10-41(31)45(42)46(47)50)30-44(35-17-26-40(52-6)27-18-35)33-13-22-38(23-14-33)49(3)4/h7-30,36H,1-6H3,(H2,47,50). The summed E-state index contributed by atoms with van der Waals surface area (Å²) in [7, 11) is 11.5. The number of carbonyl (C=O) groups excluding carboxylic acids is 1. The Hall–Kier alpha value is -6.27. The van der Waals surface area contributed by atoms with Gasteiger partial charge in [-0.15, -0.1) is 0 Å². The first-order valence-corrected chi connectivity index (χ1v) is 17.3. The van der Waals surface area contributed by atoms with Gasteiger partial charge in [-0.2, -0.15) is 0 Å². The minimum atomic E-state index is -0.471. The number of carbonyl (C=O) groups is 1. The summed E-state index contributed by atoms with van der Waals surface area (Å²) in [6.07, 6.45) is 4.50. The summed E-state index contributed by atoms with van der Waals surface area (Å²) >= 11 is 0. The van der Waals surface area contributed by atoms with E-state index in [1.54, 1.807) is 14.2 Å². The number of nitrogens with zero attached hydrogens (tertiary/aromatic N) is 2. The molecule has 0 saturated heterocycles. The van der Waals surface area contributed by atoms with Gasteiger partial charge in [0, 0.05) is 45.5 Å². The summed E-state index contributed by atoms with van der Waals surface area (Å²) in [6, 6.07) is 45.3. The first-order chi connectivity index (χ1) is 25.2. The van der Waals surface area contributed by atoms with Gasteiger partial charge in [0.15, 0.2) is 0 Å². The molecule has 6 heteroatoms. The second-order valence-electron chi connectivity index (χ2n) is 13.1. The average Bonchev–Trinajstić information content (AvgIpc) is 3.18. The Labute approximate surface area is 307 Å². The molecule has 2 N–H and O–H groups in total. The summed E-state index contributed by atoms with van der Waals surface area (Å²) in [5.41, 5.74) is 15.9. The lowest BCUT2D eigenvalue weighted by molar-refractivity contribution is 0.100. The van der Waals surface area contributed by atoms with Gasteiger partial charge in [0.05, 0.1) is 19.8 Å². The third-order valence-corrected chi connectivity index (χ3v) is 9.45. The molecule has 6 aromatic carbocycles. The van der Waals surface area contributed by atoms with Crippen LogP contribution in [0.4, 0.5) is 11.4 Å². The Balaban J connectivity index is 1.68. The number of nitrogens with two attached hydrogens (primary N) is 1. The van der Waals surface area contributed by atoms with Crippen molar-refractivity contribution in [2.45, 2.75) is 5.92 Å². The largest absolute Gasteiger partial charge is 0.497 e. The predicted octanol–water partition coefficient (Wildman–Crippen LogP) is 9.44. The highest BCUT2D eigenvalue weighted by atomic mass is 16.5. The molecule has 0 unspecified atom stereocenters. The summed E-state index contributed by atoms with van der Waals surface area (Å²) < 4.78 is 11.0.